The summed E-state index contributed by atoms with van der Waals surface area (Å²) in [5.41, 5.74) is 3.42. The minimum absolute atomic E-state index is 0.0111. The third kappa shape index (κ3) is 2.69. The van der Waals surface area contributed by atoms with Crippen LogP contribution in [-0.2, 0) is 11.3 Å². The minimum atomic E-state index is -0.922. The van der Waals surface area contributed by atoms with E-state index in [1.54, 1.807) is 0 Å². The number of hydrogen-bond acceptors (Lipinski definition) is 2. The number of thiophene rings is 1. The maximum atomic E-state index is 13.3. The van der Waals surface area contributed by atoms with E-state index in [-0.39, 0.29) is 5.92 Å². The fourth-order valence-electron chi connectivity index (χ4n) is 2.95. The molecule has 1 aromatic carbocycles. The molecule has 0 aliphatic carbocycles. The van der Waals surface area contributed by atoms with E-state index in [2.05, 4.69) is 6.58 Å². The molecule has 1 atom stereocenters. The first kappa shape index (κ1) is 15.3. The Kier molecular flexibility index (Phi) is 4.06. The van der Waals surface area contributed by atoms with Crippen LogP contribution in [0.15, 0.2) is 42.7 Å². The van der Waals surface area contributed by atoms with E-state index < -0.39 is 11.7 Å². The predicted molar refractivity (Wildman–Crippen MR) is 88.0 cm³/mol. The number of nitrogens with zero attached hydrogens (tertiary/aromatic N) is 1. The molecule has 0 saturated heterocycles. The largest absolute Gasteiger partial charge is 0.331 e. The second-order valence-electron chi connectivity index (χ2n) is 5.43. The van der Waals surface area contributed by atoms with E-state index in [0.29, 0.717) is 17.4 Å². The molecule has 1 aromatic heterocycles. The quantitative estimate of drug-likeness (QED) is 0.730. The van der Waals surface area contributed by atoms with Gasteiger partial charge in [0.1, 0.15) is 0 Å². The number of amides is 1. The highest BCUT2D eigenvalue weighted by Gasteiger charge is 2.32. The Balaban J connectivity index is 2.06. The van der Waals surface area contributed by atoms with E-state index in [0.717, 1.165) is 21.6 Å². The van der Waals surface area contributed by atoms with Gasteiger partial charge < -0.3 is 4.90 Å². The summed E-state index contributed by atoms with van der Waals surface area (Å²) in [5, 5.41) is 0. The summed E-state index contributed by atoms with van der Waals surface area (Å²) >= 11 is 7.60. The van der Waals surface area contributed by atoms with Crippen molar-refractivity contribution in [3.05, 3.63) is 68.6 Å². The summed E-state index contributed by atoms with van der Waals surface area (Å²) in [6, 6.07) is 10.0. The van der Waals surface area contributed by atoms with Crippen LogP contribution in [0.3, 0.4) is 0 Å². The average Bonchev–Trinajstić information content (AvgIpc) is 2.86. The number of hydrogen-bond donors (Lipinski definition) is 0. The Bertz CT molecular complexity index is 755. The van der Waals surface area contributed by atoms with Crippen LogP contribution in [0, 0.1) is 6.92 Å². The zero-order chi connectivity index (χ0) is 15.9. The molecular formula is C17H15ClFNOS. The molecule has 114 valence electrons. The molecule has 0 fully saturated rings. The molecule has 3 rings (SSSR count). The lowest BCUT2D eigenvalue weighted by atomic mass is 9.86. The van der Waals surface area contributed by atoms with Crippen LogP contribution in [-0.4, -0.2) is 17.4 Å². The first-order valence-corrected chi connectivity index (χ1v) is 8.14. The zero-order valence-electron chi connectivity index (χ0n) is 12.1. The van der Waals surface area contributed by atoms with Gasteiger partial charge in [-0.1, -0.05) is 42.4 Å². The van der Waals surface area contributed by atoms with Crippen molar-refractivity contribution in [2.45, 2.75) is 19.4 Å². The Hall–Kier alpha value is -1.65. The number of carbonyl (C=O) groups excluding carboxylic acids is 1. The van der Waals surface area contributed by atoms with Gasteiger partial charge in [-0.3, -0.25) is 4.79 Å². The zero-order valence-corrected chi connectivity index (χ0v) is 13.7. The molecule has 0 bridgehead atoms. The molecule has 0 unspecified atom stereocenters. The molecule has 1 aliphatic heterocycles. The third-order valence-corrected chi connectivity index (χ3v) is 5.27. The lowest BCUT2D eigenvalue weighted by molar-refractivity contribution is -0.129. The van der Waals surface area contributed by atoms with Crippen LogP contribution in [0.25, 0.3) is 0 Å². The van der Waals surface area contributed by atoms with E-state index in [9.17, 15) is 9.18 Å². The highest BCUT2D eigenvalue weighted by atomic mass is 35.5. The number of benzene rings is 1. The third-order valence-electron chi connectivity index (χ3n) is 4.01. The molecule has 0 saturated carbocycles. The van der Waals surface area contributed by atoms with E-state index in [1.165, 1.54) is 16.2 Å². The Labute approximate surface area is 137 Å². The van der Waals surface area contributed by atoms with Crippen LogP contribution >= 0.6 is 22.9 Å². The fourth-order valence-corrected chi connectivity index (χ4v) is 4.31. The van der Waals surface area contributed by atoms with E-state index >= 15 is 0 Å². The smallest absolute Gasteiger partial charge is 0.282 e. The summed E-state index contributed by atoms with van der Waals surface area (Å²) in [6.45, 7) is 5.99. The minimum Gasteiger partial charge on any atom is -0.331 e. The van der Waals surface area contributed by atoms with Crippen molar-refractivity contribution in [3.8, 4) is 0 Å². The van der Waals surface area contributed by atoms with Crippen LogP contribution < -0.4 is 0 Å². The number of fused-ring (bicyclic) bond motifs is 1. The molecule has 5 heteroatoms. The number of aryl methyl sites for hydroxylation is 1. The summed E-state index contributed by atoms with van der Waals surface area (Å²) < 4.78 is 14.0. The Morgan fingerprint density at radius 2 is 2.14 bits per heavy atom. The monoisotopic (exact) mass is 335 g/mol. The summed E-state index contributed by atoms with van der Waals surface area (Å²) in [5.74, 6) is -1.56. The van der Waals surface area contributed by atoms with Crippen molar-refractivity contribution in [2.24, 2.45) is 0 Å². The number of rotatable bonds is 2. The van der Waals surface area contributed by atoms with Gasteiger partial charge in [-0.05, 0) is 29.7 Å². The lowest BCUT2D eigenvalue weighted by Crippen LogP contribution is -2.38. The fraction of sp³-hybridized carbons (Fsp3) is 0.235. The summed E-state index contributed by atoms with van der Waals surface area (Å²) in [6.07, 6.45) is 0. The van der Waals surface area contributed by atoms with Crippen molar-refractivity contribution >= 4 is 28.8 Å². The maximum absolute atomic E-state index is 13.3. The molecule has 0 N–H and O–H groups in total. The molecule has 0 spiro atoms. The van der Waals surface area contributed by atoms with Crippen molar-refractivity contribution in [1.29, 1.82) is 0 Å². The maximum Gasteiger partial charge on any atom is 0.282 e. The second kappa shape index (κ2) is 5.86. The van der Waals surface area contributed by atoms with Gasteiger partial charge in [0.15, 0.2) is 5.83 Å². The Morgan fingerprint density at radius 3 is 2.82 bits per heavy atom. The van der Waals surface area contributed by atoms with Gasteiger partial charge in [-0.2, -0.15) is 0 Å². The number of carbonyl (C=O) groups is 1. The van der Waals surface area contributed by atoms with Crippen molar-refractivity contribution in [2.75, 3.05) is 6.54 Å². The van der Waals surface area contributed by atoms with Gasteiger partial charge in [0.05, 0.1) is 10.9 Å². The van der Waals surface area contributed by atoms with Gasteiger partial charge in [0, 0.05) is 17.3 Å². The van der Waals surface area contributed by atoms with Crippen LogP contribution in [0.2, 0.25) is 4.34 Å². The first-order valence-electron chi connectivity index (χ1n) is 6.94. The van der Waals surface area contributed by atoms with E-state index in [4.69, 9.17) is 11.6 Å². The average molecular weight is 336 g/mol. The molecule has 1 aliphatic rings. The highest BCUT2D eigenvalue weighted by Crippen LogP contribution is 2.41. The lowest BCUT2D eigenvalue weighted by Gasteiger charge is -2.33. The highest BCUT2D eigenvalue weighted by molar-refractivity contribution is 7.16. The normalized spacial score (nSPS) is 17.2. The predicted octanol–water partition coefficient (Wildman–Crippen LogP) is 4.67. The molecule has 2 nitrogen and oxygen atoms in total. The van der Waals surface area contributed by atoms with Gasteiger partial charge in [0.25, 0.3) is 5.91 Å². The van der Waals surface area contributed by atoms with Gasteiger partial charge in [-0.15, -0.1) is 11.3 Å². The summed E-state index contributed by atoms with van der Waals surface area (Å²) in [4.78, 5) is 14.5. The molecular weight excluding hydrogens is 321 g/mol. The van der Waals surface area contributed by atoms with Crippen LogP contribution in [0.4, 0.5) is 4.39 Å². The van der Waals surface area contributed by atoms with Crippen LogP contribution in [0.5, 0.6) is 0 Å². The van der Waals surface area contributed by atoms with Crippen molar-refractivity contribution < 1.29 is 9.18 Å². The van der Waals surface area contributed by atoms with Crippen molar-refractivity contribution in [1.82, 2.24) is 4.90 Å². The molecule has 0 radical (unpaired) electrons. The van der Waals surface area contributed by atoms with Gasteiger partial charge >= 0.3 is 0 Å². The summed E-state index contributed by atoms with van der Waals surface area (Å²) in [7, 11) is 0. The van der Waals surface area contributed by atoms with Gasteiger partial charge in [0.2, 0.25) is 0 Å². The molecule has 2 aromatic rings. The van der Waals surface area contributed by atoms with Crippen molar-refractivity contribution in [3.63, 3.8) is 0 Å². The molecule has 2 heterocycles. The first-order chi connectivity index (χ1) is 10.5. The SMILES string of the molecule is C=C(F)C(=O)N1Cc2sc(Cl)cc2[C@H](c2ccccc2C)C1. The standard InChI is InChI=1S/C17H15ClFNOS/c1-10-5-3-4-6-12(10)14-8-20(17(21)11(2)19)9-15-13(14)7-16(18)22-15/h3-7,14H,2,8-9H2,1H3/t14-/m0/s1. The van der Waals surface area contributed by atoms with E-state index in [1.807, 2.05) is 37.3 Å². The van der Waals surface area contributed by atoms with Crippen LogP contribution in [0.1, 0.15) is 27.5 Å². The van der Waals surface area contributed by atoms with Gasteiger partial charge in [-0.25, -0.2) is 4.39 Å². The second-order valence-corrected chi connectivity index (χ2v) is 7.20. The number of halogens is 2. The topological polar surface area (TPSA) is 20.3 Å². The Morgan fingerprint density at radius 1 is 1.41 bits per heavy atom. The molecule has 1 amide bonds. The molecule has 22 heavy (non-hydrogen) atoms.